The van der Waals surface area contributed by atoms with E-state index in [0.29, 0.717) is 21.1 Å². The van der Waals surface area contributed by atoms with Gasteiger partial charge < -0.3 is 11.1 Å². The molecule has 5 rings (SSSR count). The average molecular weight is 480 g/mol. The second-order valence-electron chi connectivity index (χ2n) is 8.22. The van der Waals surface area contributed by atoms with Crippen LogP contribution in [0.5, 0.6) is 0 Å². The first kappa shape index (κ1) is 21.5. The van der Waals surface area contributed by atoms with Gasteiger partial charge in [-0.05, 0) is 42.4 Å². The standard InChI is InChI=1S/C23H21N5O3S2/c1-12-7-8-14-17(9-12)33-22-19(14)23(31)28(27-26-22)11-18(29)25-21-15(20(24)30)10-16(32-21)13-5-3-2-4-6-13/h2-6,10,12H,7-9,11H2,1H3,(H2,24,30)(H,25,29)/t12-/m1/s1. The Labute approximate surface area is 197 Å². The third kappa shape index (κ3) is 4.07. The molecule has 1 atom stereocenters. The molecular formula is C23H21N5O3S2. The van der Waals surface area contributed by atoms with Crippen molar-refractivity contribution in [2.75, 3.05) is 5.32 Å². The number of aryl methyl sites for hydroxylation is 1. The van der Waals surface area contributed by atoms with Crippen LogP contribution < -0.4 is 16.6 Å². The number of aromatic nitrogens is 3. The van der Waals surface area contributed by atoms with Gasteiger partial charge in [-0.1, -0.05) is 42.5 Å². The molecule has 3 aromatic heterocycles. The molecule has 33 heavy (non-hydrogen) atoms. The Morgan fingerprint density at radius 3 is 2.79 bits per heavy atom. The molecule has 1 aliphatic rings. The molecule has 1 aliphatic carbocycles. The SMILES string of the molecule is C[C@@H]1CCc2c(sc3nnn(CC(=O)Nc4sc(-c5ccccc5)cc4C(N)=O)c(=O)c23)C1. The third-order valence-electron chi connectivity index (χ3n) is 5.79. The maximum absolute atomic E-state index is 13.1. The van der Waals surface area contributed by atoms with Crippen molar-refractivity contribution in [2.24, 2.45) is 11.7 Å². The fraction of sp³-hybridized carbons (Fsp3) is 0.261. The maximum atomic E-state index is 13.1. The number of carbonyl (C=O) groups is 2. The first-order chi connectivity index (χ1) is 15.9. The number of amides is 2. The fourth-order valence-corrected chi connectivity index (χ4v) is 6.51. The van der Waals surface area contributed by atoms with E-state index in [1.54, 1.807) is 6.07 Å². The minimum Gasteiger partial charge on any atom is -0.366 e. The van der Waals surface area contributed by atoms with E-state index in [-0.39, 0.29) is 17.7 Å². The van der Waals surface area contributed by atoms with Gasteiger partial charge in [0, 0.05) is 9.75 Å². The molecule has 0 fully saturated rings. The van der Waals surface area contributed by atoms with Gasteiger partial charge in [0.1, 0.15) is 11.5 Å². The molecular weight excluding hydrogens is 458 g/mol. The molecule has 2 amide bonds. The number of primary amides is 1. The van der Waals surface area contributed by atoms with Gasteiger partial charge in [-0.15, -0.1) is 27.8 Å². The highest BCUT2D eigenvalue weighted by molar-refractivity contribution is 7.20. The van der Waals surface area contributed by atoms with Crippen molar-refractivity contribution < 1.29 is 9.59 Å². The zero-order chi connectivity index (χ0) is 23.1. The van der Waals surface area contributed by atoms with Gasteiger partial charge in [0.15, 0.2) is 4.83 Å². The number of fused-ring (bicyclic) bond motifs is 3. The number of hydrogen-bond donors (Lipinski definition) is 2. The second kappa shape index (κ2) is 8.53. The van der Waals surface area contributed by atoms with E-state index in [4.69, 9.17) is 5.73 Å². The number of nitrogens with zero attached hydrogens (tertiary/aromatic N) is 3. The quantitative estimate of drug-likeness (QED) is 0.454. The third-order valence-corrected chi connectivity index (χ3v) is 8.03. The lowest BCUT2D eigenvalue weighted by atomic mass is 9.89. The predicted octanol–water partition coefficient (Wildman–Crippen LogP) is 3.44. The highest BCUT2D eigenvalue weighted by atomic mass is 32.1. The summed E-state index contributed by atoms with van der Waals surface area (Å²) in [7, 11) is 0. The summed E-state index contributed by atoms with van der Waals surface area (Å²) in [5, 5.41) is 11.8. The van der Waals surface area contributed by atoms with Crippen LogP contribution in [-0.2, 0) is 24.2 Å². The Balaban J connectivity index is 1.42. The Hall–Kier alpha value is -3.37. The number of nitrogens with two attached hydrogens (primary N) is 1. The molecule has 0 bridgehead atoms. The summed E-state index contributed by atoms with van der Waals surface area (Å²) >= 11 is 2.77. The van der Waals surface area contributed by atoms with Crippen molar-refractivity contribution in [3.05, 3.63) is 62.8 Å². The zero-order valence-electron chi connectivity index (χ0n) is 17.8. The Bertz CT molecular complexity index is 1440. The average Bonchev–Trinajstić information content (AvgIpc) is 3.37. The molecule has 3 N–H and O–H groups in total. The van der Waals surface area contributed by atoms with Crippen LogP contribution >= 0.6 is 22.7 Å². The largest absolute Gasteiger partial charge is 0.366 e. The molecule has 168 valence electrons. The van der Waals surface area contributed by atoms with Gasteiger partial charge in [0.05, 0.1) is 10.9 Å². The van der Waals surface area contributed by atoms with E-state index in [2.05, 4.69) is 22.6 Å². The van der Waals surface area contributed by atoms with E-state index in [9.17, 15) is 14.4 Å². The van der Waals surface area contributed by atoms with Gasteiger partial charge in [0.25, 0.3) is 11.5 Å². The summed E-state index contributed by atoms with van der Waals surface area (Å²) in [4.78, 5) is 40.4. The van der Waals surface area contributed by atoms with Crippen LogP contribution in [-0.4, -0.2) is 26.8 Å². The first-order valence-corrected chi connectivity index (χ1v) is 12.2. The van der Waals surface area contributed by atoms with Crippen LogP contribution in [0.2, 0.25) is 0 Å². The minimum absolute atomic E-state index is 0.224. The van der Waals surface area contributed by atoms with Crippen LogP contribution in [0, 0.1) is 5.92 Å². The van der Waals surface area contributed by atoms with E-state index in [1.807, 2.05) is 30.3 Å². The van der Waals surface area contributed by atoms with Crippen LogP contribution in [0.1, 0.15) is 34.1 Å². The van der Waals surface area contributed by atoms with Crippen molar-refractivity contribution >= 4 is 49.7 Å². The topological polar surface area (TPSA) is 120 Å². The van der Waals surface area contributed by atoms with Crippen LogP contribution in [0.4, 0.5) is 5.00 Å². The van der Waals surface area contributed by atoms with Gasteiger partial charge in [0.2, 0.25) is 5.91 Å². The highest BCUT2D eigenvalue weighted by Gasteiger charge is 2.24. The van der Waals surface area contributed by atoms with Crippen LogP contribution in [0.25, 0.3) is 20.7 Å². The number of carbonyl (C=O) groups excluding carboxylic acids is 2. The summed E-state index contributed by atoms with van der Waals surface area (Å²) in [5.74, 6) is -0.536. The maximum Gasteiger partial charge on any atom is 0.279 e. The van der Waals surface area contributed by atoms with Gasteiger partial charge in [-0.25, -0.2) is 4.68 Å². The fourth-order valence-electron chi connectivity index (χ4n) is 4.11. The number of anilines is 1. The number of hydrogen-bond acceptors (Lipinski definition) is 7. The van der Waals surface area contributed by atoms with E-state index >= 15 is 0 Å². The molecule has 0 unspecified atom stereocenters. The Morgan fingerprint density at radius 1 is 1.24 bits per heavy atom. The lowest BCUT2D eigenvalue weighted by Crippen LogP contribution is -2.31. The first-order valence-electron chi connectivity index (χ1n) is 10.6. The van der Waals surface area contributed by atoms with Crippen LogP contribution in [0.15, 0.2) is 41.2 Å². The monoisotopic (exact) mass is 479 g/mol. The lowest BCUT2D eigenvalue weighted by Gasteiger charge is -2.17. The van der Waals surface area contributed by atoms with Crippen molar-refractivity contribution in [3.8, 4) is 10.4 Å². The summed E-state index contributed by atoms with van der Waals surface area (Å²) in [6, 6.07) is 11.2. The molecule has 0 spiro atoms. The molecule has 4 aromatic rings. The molecule has 0 radical (unpaired) electrons. The number of thiophene rings is 2. The Morgan fingerprint density at radius 2 is 2.03 bits per heavy atom. The summed E-state index contributed by atoms with van der Waals surface area (Å²) in [6.07, 6.45) is 2.80. The molecule has 0 saturated heterocycles. The minimum atomic E-state index is -0.638. The summed E-state index contributed by atoms with van der Waals surface area (Å²) in [5.41, 5.74) is 7.39. The van der Waals surface area contributed by atoms with Crippen molar-refractivity contribution in [1.82, 2.24) is 15.0 Å². The summed E-state index contributed by atoms with van der Waals surface area (Å²) < 4.78 is 1.08. The van der Waals surface area contributed by atoms with Gasteiger partial charge in [-0.2, -0.15) is 0 Å². The molecule has 1 aromatic carbocycles. The van der Waals surface area contributed by atoms with Crippen molar-refractivity contribution in [2.45, 2.75) is 32.7 Å². The zero-order valence-corrected chi connectivity index (χ0v) is 19.5. The van der Waals surface area contributed by atoms with Crippen molar-refractivity contribution in [1.29, 1.82) is 0 Å². The van der Waals surface area contributed by atoms with Crippen LogP contribution in [0.3, 0.4) is 0 Å². The molecule has 0 saturated carbocycles. The number of nitrogens with one attached hydrogen (secondary N) is 1. The molecule has 8 nitrogen and oxygen atoms in total. The van der Waals surface area contributed by atoms with Crippen molar-refractivity contribution in [3.63, 3.8) is 0 Å². The van der Waals surface area contributed by atoms with E-state index in [0.717, 1.165) is 39.9 Å². The smallest absolute Gasteiger partial charge is 0.279 e. The molecule has 0 aliphatic heterocycles. The van der Waals surface area contributed by atoms with E-state index in [1.165, 1.54) is 27.6 Å². The number of rotatable bonds is 5. The van der Waals surface area contributed by atoms with Gasteiger partial charge in [-0.3, -0.25) is 14.4 Å². The predicted molar refractivity (Wildman–Crippen MR) is 130 cm³/mol. The highest BCUT2D eigenvalue weighted by Crippen LogP contribution is 2.36. The Kier molecular flexibility index (Phi) is 5.55. The van der Waals surface area contributed by atoms with E-state index < -0.39 is 11.8 Å². The summed E-state index contributed by atoms with van der Waals surface area (Å²) in [6.45, 7) is 1.90. The lowest BCUT2D eigenvalue weighted by molar-refractivity contribution is -0.117. The normalized spacial score (nSPS) is 15.4. The molecule has 10 heteroatoms. The van der Waals surface area contributed by atoms with Gasteiger partial charge >= 0.3 is 0 Å². The second-order valence-corrected chi connectivity index (χ2v) is 10.4. The molecule has 3 heterocycles. The number of benzene rings is 1.